The molecule has 6 nitrogen and oxygen atoms in total. The molecule has 0 spiro atoms. The van der Waals surface area contributed by atoms with Crippen LogP contribution < -0.4 is 5.43 Å². The van der Waals surface area contributed by atoms with E-state index >= 15 is 0 Å². The van der Waals surface area contributed by atoms with Gasteiger partial charge in [0, 0.05) is 11.6 Å². The van der Waals surface area contributed by atoms with Crippen molar-refractivity contribution >= 4 is 39.4 Å². The highest BCUT2D eigenvalue weighted by Gasteiger charge is 2.12. The van der Waals surface area contributed by atoms with E-state index in [4.69, 9.17) is 0 Å². The molecule has 0 aliphatic rings. The minimum Gasteiger partial charge on any atom is -0.278 e. The Balaban J connectivity index is 1.41. The second-order valence-corrected chi connectivity index (χ2v) is 8.54. The van der Waals surface area contributed by atoms with Crippen LogP contribution in [-0.2, 0) is 0 Å². The van der Waals surface area contributed by atoms with Crippen LogP contribution in [0.1, 0.15) is 37.8 Å². The van der Waals surface area contributed by atoms with E-state index in [1.165, 1.54) is 5.56 Å². The number of para-hydroxylation sites is 1. The lowest BCUT2D eigenvalue weighted by Gasteiger charge is -2.10. The predicted molar refractivity (Wildman–Crippen MR) is 140 cm³/mol. The highest BCUT2D eigenvalue weighted by molar-refractivity contribution is 5.99. The summed E-state index contributed by atoms with van der Waals surface area (Å²) in [5.74, 6) is 0.532. The first-order valence-corrected chi connectivity index (χ1v) is 11.4. The number of nitrogens with one attached hydrogen (secondary N) is 1. The number of benzene rings is 3. The lowest BCUT2D eigenvalue weighted by molar-refractivity contribution is 0.827. The number of rotatable bonds is 6. The van der Waals surface area contributed by atoms with Gasteiger partial charge in [0.1, 0.15) is 5.52 Å². The molecular formula is C28H26N6. The highest BCUT2D eigenvalue weighted by Crippen LogP contribution is 2.29. The number of allylic oxidation sites excluding steroid dienone is 1. The van der Waals surface area contributed by atoms with Crippen molar-refractivity contribution in [3.8, 4) is 5.69 Å². The molecule has 3 aromatic carbocycles. The largest absolute Gasteiger partial charge is 0.278 e. The lowest BCUT2D eigenvalue weighted by atomic mass is 10.0. The number of hydrogen-bond acceptors (Lipinski definition) is 5. The second kappa shape index (κ2) is 9.27. The first-order chi connectivity index (χ1) is 16.6. The van der Waals surface area contributed by atoms with Gasteiger partial charge in [0.15, 0.2) is 0 Å². The Morgan fingerprint density at radius 3 is 2.62 bits per heavy atom. The zero-order chi connectivity index (χ0) is 23.5. The first-order valence-electron chi connectivity index (χ1n) is 11.4. The Kier molecular flexibility index (Phi) is 5.87. The van der Waals surface area contributed by atoms with Gasteiger partial charge in [0.2, 0.25) is 0 Å². The number of nitrogens with zero attached hydrogens (tertiary/aromatic N) is 5. The van der Waals surface area contributed by atoms with E-state index in [0.717, 1.165) is 44.6 Å². The Labute approximate surface area is 198 Å². The van der Waals surface area contributed by atoms with Crippen LogP contribution in [0.3, 0.4) is 0 Å². The van der Waals surface area contributed by atoms with Crippen LogP contribution in [0.15, 0.2) is 90.2 Å². The quantitative estimate of drug-likeness (QED) is 0.236. The molecule has 5 rings (SSSR count). The van der Waals surface area contributed by atoms with Crippen molar-refractivity contribution in [2.24, 2.45) is 5.10 Å². The predicted octanol–water partition coefficient (Wildman–Crippen LogP) is 6.59. The summed E-state index contributed by atoms with van der Waals surface area (Å²) in [5.41, 5.74) is 10.9. The van der Waals surface area contributed by atoms with Gasteiger partial charge in [-0.3, -0.25) is 10.4 Å². The number of fused-ring (bicyclic) bond motifs is 2. The average molecular weight is 447 g/mol. The fourth-order valence-electron chi connectivity index (χ4n) is 3.87. The van der Waals surface area contributed by atoms with Gasteiger partial charge in [-0.25, -0.2) is 4.68 Å². The topological polar surface area (TPSA) is 68.0 Å². The Morgan fingerprint density at radius 1 is 0.971 bits per heavy atom. The number of hydrazone groups is 1. The van der Waals surface area contributed by atoms with Crippen molar-refractivity contribution in [3.05, 3.63) is 96.2 Å². The third kappa shape index (κ3) is 4.30. The molecule has 2 heterocycles. The maximum absolute atomic E-state index is 4.64. The summed E-state index contributed by atoms with van der Waals surface area (Å²) in [7, 11) is 0. The molecule has 34 heavy (non-hydrogen) atoms. The summed E-state index contributed by atoms with van der Waals surface area (Å²) in [5, 5.41) is 14.2. The van der Waals surface area contributed by atoms with Gasteiger partial charge >= 0.3 is 0 Å². The molecule has 168 valence electrons. The van der Waals surface area contributed by atoms with Gasteiger partial charge in [-0.2, -0.15) is 5.10 Å². The SMILES string of the molecule is CC(/C=C/c1ccc(C(C)C)cc1)=N/Nc1ccc(-n2nnc3ccccc32)c2ncccc12. The third-order valence-electron chi connectivity index (χ3n) is 5.80. The summed E-state index contributed by atoms with van der Waals surface area (Å²) >= 11 is 0. The summed E-state index contributed by atoms with van der Waals surface area (Å²) in [6.07, 6.45) is 5.87. The van der Waals surface area contributed by atoms with Crippen molar-refractivity contribution in [3.63, 3.8) is 0 Å². The Morgan fingerprint density at radius 2 is 1.79 bits per heavy atom. The molecule has 0 amide bonds. The first kappa shape index (κ1) is 21.5. The van der Waals surface area contributed by atoms with Gasteiger partial charge in [-0.05, 0) is 66.4 Å². The number of pyridine rings is 1. The summed E-state index contributed by atoms with van der Waals surface area (Å²) in [4.78, 5) is 4.64. The van der Waals surface area contributed by atoms with Crippen LogP contribution in [0.2, 0.25) is 0 Å². The van der Waals surface area contributed by atoms with Gasteiger partial charge in [0.05, 0.1) is 28.1 Å². The zero-order valence-corrected chi connectivity index (χ0v) is 19.5. The number of hydrogen-bond donors (Lipinski definition) is 1. The maximum atomic E-state index is 4.64. The average Bonchev–Trinajstić information content (AvgIpc) is 3.30. The Bertz CT molecular complexity index is 1510. The van der Waals surface area contributed by atoms with E-state index in [1.807, 2.05) is 66.2 Å². The molecule has 0 aliphatic heterocycles. The molecule has 0 atom stereocenters. The summed E-state index contributed by atoms with van der Waals surface area (Å²) in [6.45, 7) is 6.38. The van der Waals surface area contributed by atoms with Crippen LogP contribution in [0.5, 0.6) is 0 Å². The minimum atomic E-state index is 0.532. The van der Waals surface area contributed by atoms with Crippen LogP contribution in [0.4, 0.5) is 5.69 Å². The maximum Gasteiger partial charge on any atom is 0.113 e. The van der Waals surface area contributed by atoms with E-state index < -0.39 is 0 Å². The van der Waals surface area contributed by atoms with E-state index in [9.17, 15) is 0 Å². The molecule has 0 saturated heterocycles. The summed E-state index contributed by atoms with van der Waals surface area (Å²) < 4.78 is 1.83. The van der Waals surface area contributed by atoms with Crippen LogP contribution in [-0.4, -0.2) is 25.7 Å². The van der Waals surface area contributed by atoms with Crippen LogP contribution >= 0.6 is 0 Å². The monoisotopic (exact) mass is 446 g/mol. The van der Waals surface area contributed by atoms with Gasteiger partial charge in [-0.1, -0.05) is 61.5 Å². The van der Waals surface area contributed by atoms with Crippen molar-refractivity contribution in [1.29, 1.82) is 0 Å². The van der Waals surface area contributed by atoms with Crippen molar-refractivity contribution < 1.29 is 0 Å². The lowest BCUT2D eigenvalue weighted by Crippen LogP contribution is -2.01. The van der Waals surface area contributed by atoms with Gasteiger partial charge in [-0.15, -0.1) is 5.10 Å². The molecule has 0 saturated carbocycles. The van der Waals surface area contributed by atoms with E-state index in [0.29, 0.717) is 5.92 Å². The molecule has 0 radical (unpaired) electrons. The van der Waals surface area contributed by atoms with Gasteiger partial charge < -0.3 is 0 Å². The fourth-order valence-corrected chi connectivity index (χ4v) is 3.87. The fraction of sp³-hybridized carbons (Fsp3) is 0.143. The molecule has 1 N–H and O–H groups in total. The highest BCUT2D eigenvalue weighted by atomic mass is 15.4. The third-order valence-corrected chi connectivity index (χ3v) is 5.80. The molecule has 6 heteroatoms. The molecule has 0 unspecified atom stereocenters. The summed E-state index contributed by atoms with van der Waals surface area (Å²) in [6, 6.07) is 24.5. The molecule has 0 bridgehead atoms. The zero-order valence-electron chi connectivity index (χ0n) is 19.5. The Hall–Kier alpha value is -4.32. The van der Waals surface area contributed by atoms with E-state index in [-0.39, 0.29) is 0 Å². The van der Waals surface area contributed by atoms with E-state index in [2.05, 4.69) is 70.0 Å². The normalized spacial score (nSPS) is 12.3. The molecule has 2 aromatic heterocycles. The minimum absolute atomic E-state index is 0.532. The second-order valence-electron chi connectivity index (χ2n) is 8.54. The van der Waals surface area contributed by atoms with Crippen LogP contribution in [0, 0.1) is 0 Å². The smallest absolute Gasteiger partial charge is 0.113 e. The molecule has 5 aromatic rings. The number of aromatic nitrogens is 4. The molecule has 0 fully saturated rings. The molecular weight excluding hydrogens is 420 g/mol. The standard InChI is InChI=1S/C28H26N6/c1-19(2)22-14-12-21(13-15-22)11-10-20(3)30-31-24-16-17-27(28-23(24)7-6-18-29-28)34-26-9-5-4-8-25(26)32-33-34/h4-19,31H,1-3H3/b11-10+,30-20-. The van der Waals surface area contributed by atoms with Gasteiger partial charge in [0.25, 0.3) is 0 Å². The van der Waals surface area contributed by atoms with Crippen molar-refractivity contribution in [1.82, 2.24) is 20.0 Å². The van der Waals surface area contributed by atoms with Crippen molar-refractivity contribution in [2.75, 3.05) is 5.43 Å². The van der Waals surface area contributed by atoms with Crippen LogP contribution in [0.25, 0.3) is 33.7 Å². The molecule has 0 aliphatic carbocycles. The van der Waals surface area contributed by atoms with Crippen molar-refractivity contribution in [2.45, 2.75) is 26.7 Å². The number of anilines is 1. The van der Waals surface area contributed by atoms with E-state index in [1.54, 1.807) is 6.20 Å².